The van der Waals surface area contributed by atoms with Gasteiger partial charge in [0.1, 0.15) is 11.2 Å². The number of hydrogen-bond donors (Lipinski definition) is 0. The maximum absolute atomic E-state index is 6.20. The third-order valence-corrected chi connectivity index (χ3v) is 13.5. The summed E-state index contributed by atoms with van der Waals surface area (Å²) < 4.78 is 6.20. The molecule has 296 valence electrons. The minimum atomic E-state index is 0.576. The second kappa shape index (κ2) is 15.2. The lowest BCUT2D eigenvalue weighted by atomic mass is 9.80. The molecule has 0 saturated heterocycles. The van der Waals surface area contributed by atoms with Gasteiger partial charge in [0.2, 0.25) is 0 Å². The van der Waals surface area contributed by atoms with Crippen LogP contribution < -0.4 is 4.90 Å². The molecule has 0 bridgehead atoms. The smallest absolute Gasteiger partial charge is 0.135 e. The second-order valence-corrected chi connectivity index (χ2v) is 17.0. The van der Waals surface area contributed by atoms with Gasteiger partial charge in [0.15, 0.2) is 0 Å². The zero-order chi connectivity index (χ0) is 41.0. The molecule has 1 fully saturated rings. The molecule has 2 heteroatoms. The highest BCUT2D eigenvalue weighted by molar-refractivity contribution is 6.14. The van der Waals surface area contributed by atoms with Gasteiger partial charge in [-0.2, -0.15) is 0 Å². The van der Waals surface area contributed by atoms with E-state index in [0.717, 1.165) is 50.1 Å². The number of nitrogens with zero attached hydrogens (tertiary/aromatic N) is 1. The molecule has 10 aromatic carbocycles. The summed E-state index contributed by atoms with van der Waals surface area (Å²) in [4.78, 5) is 2.50. The molecule has 0 radical (unpaired) electrons. The van der Waals surface area contributed by atoms with Crippen LogP contribution in [0.15, 0.2) is 211 Å². The average Bonchev–Trinajstić information content (AvgIpc) is 3.72. The van der Waals surface area contributed by atoms with Crippen LogP contribution in [0.4, 0.5) is 17.1 Å². The van der Waals surface area contributed by atoms with Gasteiger partial charge in [-0.3, -0.25) is 0 Å². The summed E-state index contributed by atoms with van der Waals surface area (Å²) >= 11 is 0. The second-order valence-electron chi connectivity index (χ2n) is 17.0. The maximum atomic E-state index is 6.20. The number of rotatable bonds is 7. The van der Waals surface area contributed by atoms with Gasteiger partial charge in [-0.25, -0.2) is 0 Å². The van der Waals surface area contributed by atoms with Crippen molar-refractivity contribution in [3.8, 4) is 33.4 Å². The molecule has 11 aromatic rings. The third kappa shape index (κ3) is 6.17. The molecular formula is C60H45NO. The fourth-order valence-electron chi connectivity index (χ4n) is 10.5. The lowest BCUT2D eigenvalue weighted by Gasteiger charge is -2.31. The van der Waals surface area contributed by atoms with Gasteiger partial charge < -0.3 is 9.32 Å². The van der Waals surface area contributed by atoms with E-state index in [1.807, 2.05) is 12.1 Å². The van der Waals surface area contributed by atoms with Crippen molar-refractivity contribution in [2.45, 2.75) is 38.0 Å². The van der Waals surface area contributed by atoms with Crippen LogP contribution in [-0.2, 0) is 0 Å². The van der Waals surface area contributed by atoms with Gasteiger partial charge in [0, 0.05) is 27.6 Å². The normalized spacial score (nSPS) is 13.4. The summed E-state index contributed by atoms with van der Waals surface area (Å²) in [6.45, 7) is 0. The van der Waals surface area contributed by atoms with E-state index in [9.17, 15) is 0 Å². The van der Waals surface area contributed by atoms with Crippen LogP contribution in [0.3, 0.4) is 0 Å². The Labute approximate surface area is 362 Å². The van der Waals surface area contributed by atoms with Gasteiger partial charge in [-0.05, 0) is 121 Å². The van der Waals surface area contributed by atoms with E-state index in [2.05, 4.69) is 199 Å². The molecule has 1 saturated carbocycles. The fourth-order valence-corrected chi connectivity index (χ4v) is 10.5. The molecule has 1 aliphatic rings. The molecule has 2 nitrogen and oxygen atoms in total. The van der Waals surface area contributed by atoms with Crippen LogP contribution in [-0.4, -0.2) is 0 Å². The summed E-state index contributed by atoms with van der Waals surface area (Å²) in [5.74, 6) is 0.576. The van der Waals surface area contributed by atoms with Crippen LogP contribution in [0.5, 0.6) is 0 Å². The van der Waals surface area contributed by atoms with E-state index in [1.165, 1.54) is 92.2 Å². The predicted molar refractivity (Wildman–Crippen MR) is 263 cm³/mol. The minimum absolute atomic E-state index is 0.576. The number of hydrogen-bond acceptors (Lipinski definition) is 2. The van der Waals surface area contributed by atoms with E-state index in [0.29, 0.717) is 5.92 Å². The Kier molecular flexibility index (Phi) is 8.96. The van der Waals surface area contributed by atoms with Crippen molar-refractivity contribution in [2.75, 3.05) is 4.90 Å². The van der Waals surface area contributed by atoms with Gasteiger partial charge in [-0.15, -0.1) is 0 Å². The largest absolute Gasteiger partial charge is 0.456 e. The summed E-state index contributed by atoms with van der Waals surface area (Å²) in [6.07, 6.45) is 6.45. The first-order valence-electron chi connectivity index (χ1n) is 22.2. The van der Waals surface area contributed by atoms with Crippen molar-refractivity contribution in [3.05, 3.63) is 212 Å². The molecule has 0 unspecified atom stereocenters. The average molecular weight is 796 g/mol. The predicted octanol–water partition coefficient (Wildman–Crippen LogP) is 17.6. The quantitative estimate of drug-likeness (QED) is 0.149. The molecular weight excluding hydrogens is 751 g/mol. The van der Waals surface area contributed by atoms with E-state index in [4.69, 9.17) is 4.42 Å². The Hall–Kier alpha value is -7.42. The van der Waals surface area contributed by atoms with Crippen LogP contribution in [0, 0.1) is 0 Å². The molecule has 0 amide bonds. The van der Waals surface area contributed by atoms with E-state index in [1.54, 1.807) is 0 Å². The third-order valence-electron chi connectivity index (χ3n) is 13.5. The van der Waals surface area contributed by atoms with Gasteiger partial charge in [0.25, 0.3) is 0 Å². The molecule has 1 aromatic heterocycles. The maximum Gasteiger partial charge on any atom is 0.135 e. The first kappa shape index (κ1) is 36.4. The van der Waals surface area contributed by atoms with Crippen molar-refractivity contribution >= 4 is 71.3 Å². The summed E-state index contributed by atoms with van der Waals surface area (Å²) in [7, 11) is 0. The summed E-state index contributed by atoms with van der Waals surface area (Å²) in [6, 6.07) is 76.0. The van der Waals surface area contributed by atoms with Gasteiger partial charge in [-0.1, -0.05) is 183 Å². The lowest BCUT2D eigenvalue weighted by molar-refractivity contribution is 0.445. The molecule has 1 aliphatic carbocycles. The minimum Gasteiger partial charge on any atom is -0.456 e. The number of furan rings is 1. The highest BCUT2D eigenvalue weighted by atomic mass is 16.3. The SMILES string of the molecule is c1ccc(N(c2ccc(-c3ccc4oc5ccccc5c4c3)cc2)c2ccccc2-c2cccc3cccc(C4CCCCC4)c23)c(-c2cccc3c2ccc2ccccc23)c1. The Bertz CT molecular complexity index is 3450. The van der Waals surface area contributed by atoms with Crippen LogP contribution in [0.2, 0.25) is 0 Å². The number of fused-ring (bicyclic) bond motifs is 7. The van der Waals surface area contributed by atoms with Crippen LogP contribution >= 0.6 is 0 Å². The Morgan fingerprint density at radius 2 is 0.968 bits per heavy atom. The lowest BCUT2D eigenvalue weighted by Crippen LogP contribution is -2.12. The van der Waals surface area contributed by atoms with Crippen molar-refractivity contribution in [2.24, 2.45) is 0 Å². The topological polar surface area (TPSA) is 16.4 Å². The van der Waals surface area contributed by atoms with Crippen LogP contribution in [0.1, 0.15) is 43.6 Å². The van der Waals surface area contributed by atoms with Gasteiger partial charge >= 0.3 is 0 Å². The standard InChI is InChI=1S/C60H45NO/c1-2-15-41(16-3-1)47-24-12-18-43-19-13-27-54(60(43)47)52-22-7-10-29-57(52)61(45-35-31-40(32-36-45)44-34-38-59-55(39-44)53-23-8-11-30-58(53)62-59)56-28-9-6-21-51(56)49-26-14-25-48-46-20-5-4-17-42(46)33-37-50(48)49/h4-14,17-39,41H,1-3,15-16H2. The van der Waals surface area contributed by atoms with E-state index >= 15 is 0 Å². The molecule has 1 heterocycles. The fraction of sp³-hybridized carbons (Fsp3) is 0.100. The number of anilines is 3. The number of para-hydroxylation sites is 3. The van der Waals surface area contributed by atoms with Crippen molar-refractivity contribution < 1.29 is 4.42 Å². The van der Waals surface area contributed by atoms with Crippen LogP contribution in [0.25, 0.3) is 87.6 Å². The Morgan fingerprint density at radius 3 is 1.79 bits per heavy atom. The summed E-state index contributed by atoms with van der Waals surface area (Å²) in [5.41, 5.74) is 13.9. The van der Waals surface area contributed by atoms with Crippen molar-refractivity contribution in [3.63, 3.8) is 0 Å². The molecule has 0 spiro atoms. The molecule has 0 aliphatic heterocycles. The molecule has 0 N–H and O–H groups in total. The Morgan fingerprint density at radius 1 is 0.371 bits per heavy atom. The Balaban J connectivity index is 1.07. The zero-order valence-corrected chi connectivity index (χ0v) is 34.6. The van der Waals surface area contributed by atoms with E-state index < -0.39 is 0 Å². The molecule has 62 heavy (non-hydrogen) atoms. The highest BCUT2D eigenvalue weighted by Gasteiger charge is 2.24. The summed E-state index contributed by atoms with van der Waals surface area (Å²) in [5, 5.41) is 10.0. The van der Waals surface area contributed by atoms with Gasteiger partial charge in [0.05, 0.1) is 11.4 Å². The number of benzene rings is 10. The van der Waals surface area contributed by atoms with Crippen molar-refractivity contribution in [1.82, 2.24) is 0 Å². The molecule has 0 atom stereocenters. The first-order chi connectivity index (χ1) is 30.8. The molecule has 12 rings (SSSR count). The first-order valence-corrected chi connectivity index (χ1v) is 22.2. The monoisotopic (exact) mass is 795 g/mol. The van der Waals surface area contributed by atoms with E-state index in [-0.39, 0.29) is 0 Å². The zero-order valence-electron chi connectivity index (χ0n) is 34.6. The van der Waals surface area contributed by atoms with Crippen molar-refractivity contribution in [1.29, 1.82) is 0 Å². The highest BCUT2D eigenvalue weighted by Crippen LogP contribution is 2.49.